The van der Waals surface area contributed by atoms with Crippen LogP contribution in [0.15, 0.2) is 22.7 Å². The molecule has 5 nitrogen and oxygen atoms in total. The molecule has 0 aliphatic heterocycles. The lowest BCUT2D eigenvalue weighted by molar-refractivity contribution is -0.129. The Morgan fingerprint density at radius 2 is 2.16 bits per heavy atom. The Kier molecular flexibility index (Phi) is 4.09. The van der Waals surface area contributed by atoms with Crippen molar-refractivity contribution in [2.75, 3.05) is 5.73 Å². The van der Waals surface area contributed by atoms with Gasteiger partial charge < -0.3 is 15.8 Å². The van der Waals surface area contributed by atoms with Gasteiger partial charge in [-0.05, 0) is 53.9 Å². The summed E-state index contributed by atoms with van der Waals surface area (Å²) in [6.07, 6.45) is 1.17. The first kappa shape index (κ1) is 13.9. The summed E-state index contributed by atoms with van der Waals surface area (Å²) in [6.45, 7) is 1.55. The minimum absolute atomic E-state index is 0.243. The van der Waals surface area contributed by atoms with E-state index in [0.717, 1.165) is 12.8 Å². The molecule has 6 heteroatoms. The molecule has 0 radical (unpaired) electrons. The van der Waals surface area contributed by atoms with E-state index in [9.17, 15) is 9.59 Å². The number of nitrogens with one attached hydrogen (secondary N) is 1. The molecule has 1 aromatic carbocycles. The fraction of sp³-hybridized carbons (Fsp3) is 0.385. The van der Waals surface area contributed by atoms with Crippen molar-refractivity contribution < 1.29 is 14.3 Å². The van der Waals surface area contributed by atoms with Gasteiger partial charge in [0.05, 0.1) is 5.56 Å². The van der Waals surface area contributed by atoms with Crippen molar-refractivity contribution in [1.29, 1.82) is 0 Å². The van der Waals surface area contributed by atoms with E-state index in [1.807, 2.05) is 0 Å². The van der Waals surface area contributed by atoms with Crippen LogP contribution in [0.2, 0.25) is 0 Å². The molecule has 1 amide bonds. The third kappa shape index (κ3) is 3.70. The van der Waals surface area contributed by atoms with E-state index in [1.165, 1.54) is 6.07 Å². The summed E-state index contributed by atoms with van der Waals surface area (Å²) in [5.41, 5.74) is 6.40. The predicted octanol–water partition coefficient (Wildman–Crippen LogP) is 1.86. The number of ether oxygens (including phenoxy) is 1. The summed E-state index contributed by atoms with van der Waals surface area (Å²) in [5.74, 6) is -0.839. The lowest BCUT2D eigenvalue weighted by Crippen LogP contribution is -2.37. The number of hydrogen-bond acceptors (Lipinski definition) is 4. The molecule has 1 aromatic rings. The number of esters is 1. The number of amides is 1. The van der Waals surface area contributed by atoms with Gasteiger partial charge in [-0.3, -0.25) is 4.79 Å². The maximum atomic E-state index is 11.9. The summed E-state index contributed by atoms with van der Waals surface area (Å²) < 4.78 is 5.71. The van der Waals surface area contributed by atoms with E-state index in [-0.39, 0.29) is 11.9 Å². The zero-order valence-corrected chi connectivity index (χ0v) is 12.1. The Bertz CT molecular complexity index is 515. The molecule has 0 bridgehead atoms. The molecule has 1 atom stereocenters. The van der Waals surface area contributed by atoms with Crippen LogP contribution < -0.4 is 11.1 Å². The second-order valence-electron chi connectivity index (χ2n) is 4.57. The molecule has 19 heavy (non-hydrogen) atoms. The molecule has 1 fully saturated rings. The highest BCUT2D eigenvalue weighted by molar-refractivity contribution is 9.10. The highest BCUT2D eigenvalue weighted by atomic mass is 79.9. The molecule has 1 unspecified atom stereocenters. The van der Waals surface area contributed by atoms with Crippen LogP contribution in [0, 0.1) is 0 Å². The van der Waals surface area contributed by atoms with Crippen molar-refractivity contribution in [3.05, 3.63) is 28.2 Å². The van der Waals surface area contributed by atoms with Gasteiger partial charge >= 0.3 is 5.97 Å². The minimum Gasteiger partial charge on any atom is -0.449 e. The third-order valence-corrected chi connectivity index (χ3v) is 3.48. The maximum absolute atomic E-state index is 11.9. The first-order valence-electron chi connectivity index (χ1n) is 6.03. The highest BCUT2D eigenvalue weighted by Gasteiger charge is 2.27. The molecule has 2 rings (SSSR count). The van der Waals surface area contributed by atoms with Crippen LogP contribution in [0.4, 0.5) is 5.69 Å². The zero-order chi connectivity index (χ0) is 14.0. The molecule has 1 saturated carbocycles. The quantitative estimate of drug-likeness (QED) is 0.653. The van der Waals surface area contributed by atoms with E-state index >= 15 is 0 Å². The van der Waals surface area contributed by atoms with Gasteiger partial charge in [0.15, 0.2) is 6.10 Å². The number of carbonyl (C=O) groups excluding carboxylic acids is 2. The summed E-state index contributed by atoms with van der Waals surface area (Å²) in [4.78, 5) is 23.6. The molecule has 1 aliphatic carbocycles. The molecule has 0 heterocycles. The number of benzene rings is 1. The second kappa shape index (κ2) is 5.61. The van der Waals surface area contributed by atoms with Crippen molar-refractivity contribution in [3.63, 3.8) is 0 Å². The van der Waals surface area contributed by atoms with Crippen LogP contribution in [-0.2, 0) is 9.53 Å². The van der Waals surface area contributed by atoms with Crippen LogP contribution in [0.25, 0.3) is 0 Å². The molecule has 102 valence electrons. The van der Waals surface area contributed by atoms with Crippen molar-refractivity contribution in [1.82, 2.24) is 5.32 Å². The van der Waals surface area contributed by atoms with E-state index in [4.69, 9.17) is 10.5 Å². The third-order valence-electron chi connectivity index (χ3n) is 2.79. The van der Waals surface area contributed by atoms with Gasteiger partial charge in [-0.15, -0.1) is 0 Å². The van der Waals surface area contributed by atoms with Crippen LogP contribution in [0.5, 0.6) is 0 Å². The monoisotopic (exact) mass is 326 g/mol. The molecular formula is C13H15BrN2O3. The Morgan fingerprint density at radius 1 is 1.47 bits per heavy atom. The second-order valence-corrected chi connectivity index (χ2v) is 5.42. The van der Waals surface area contributed by atoms with Crippen molar-refractivity contribution in [3.8, 4) is 0 Å². The molecule has 0 aromatic heterocycles. The standard InChI is InChI=1S/C13H15BrN2O3/c1-7(12(17)16-9-3-4-9)19-13(18)10-6-8(15)2-5-11(10)14/h2,5-7,9H,3-4,15H2,1H3,(H,16,17). The van der Waals surface area contributed by atoms with Gasteiger partial charge in [0.1, 0.15) is 0 Å². The zero-order valence-electron chi connectivity index (χ0n) is 10.5. The van der Waals surface area contributed by atoms with Gasteiger partial charge in [-0.25, -0.2) is 4.79 Å². The molecular weight excluding hydrogens is 312 g/mol. The number of anilines is 1. The van der Waals surface area contributed by atoms with Gasteiger partial charge in [0, 0.05) is 16.2 Å². The lowest BCUT2D eigenvalue weighted by atomic mass is 10.2. The Balaban J connectivity index is 1.99. The van der Waals surface area contributed by atoms with E-state index in [2.05, 4.69) is 21.2 Å². The average molecular weight is 327 g/mol. The maximum Gasteiger partial charge on any atom is 0.340 e. The molecule has 1 aliphatic rings. The van der Waals surface area contributed by atoms with Gasteiger partial charge in [0.25, 0.3) is 5.91 Å². The Labute approximate surface area is 119 Å². The van der Waals surface area contributed by atoms with Gasteiger partial charge in [-0.2, -0.15) is 0 Å². The molecule has 0 spiro atoms. The topological polar surface area (TPSA) is 81.4 Å². The van der Waals surface area contributed by atoms with E-state index < -0.39 is 12.1 Å². The smallest absolute Gasteiger partial charge is 0.340 e. The van der Waals surface area contributed by atoms with Crippen LogP contribution >= 0.6 is 15.9 Å². The largest absolute Gasteiger partial charge is 0.449 e. The van der Waals surface area contributed by atoms with Crippen LogP contribution in [0.3, 0.4) is 0 Å². The first-order valence-corrected chi connectivity index (χ1v) is 6.83. The number of rotatable bonds is 4. The highest BCUT2D eigenvalue weighted by Crippen LogP contribution is 2.21. The van der Waals surface area contributed by atoms with Crippen molar-refractivity contribution in [2.24, 2.45) is 0 Å². The van der Waals surface area contributed by atoms with Crippen molar-refractivity contribution >= 4 is 33.5 Å². The fourth-order valence-electron chi connectivity index (χ4n) is 1.52. The number of nitrogens with two attached hydrogens (primary N) is 1. The summed E-state index contributed by atoms with van der Waals surface area (Å²) in [7, 11) is 0. The molecule has 0 saturated heterocycles. The normalized spacial score (nSPS) is 15.7. The summed E-state index contributed by atoms with van der Waals surface area (Å²) >= 11 is 3.25. The SMILES string of the molecule is CC(OC(=O)c1cc(N)ccc1Br)C(=O)NC1CC1. The number of nitrogen functional groups attached to an aromatic ring is 1. The van der Waals surface area contributed by atoms with Crippen molar-refractivity contribution in [2.45, 2.75) is 31.9 Å². The number of hydrogen-bond donors (Lipinski definition) is 2. The van der Waals surface area contributed by atoms with Crippen LogP contribution in [0.1, 0.15) is 30.1 Å². The average Bonchev–Trinajstić information content (AvgIpc) is 3.15. The number of halogens is 1. The van der Waals surface area contributed by atoms with Gasteiger partial charge in [0.2, 0.25) is 0 Å². The van der Waals surface area contributed by atoms with E-state index in [0.29, 0.717) is 15.7 Å². The number of carbonyl (C=O) groups is 2. The Hall–Kier alpha value is -1.56. The predicted molar refractivity (Wildman–Crippen MR) is 74.6 cm³/mol. The fourth-order valence-corrected chi connectivity index (χ4v) is 1.93. The van der Waals surface area contributed by atoms with E-state index in [1.54, 1.807) is 19.1 Å². The lowest BCUT2D eigenvalue weighted by Gasteiger charge is -2.14. The summed E-state index contributed by atoms with van der Waals surface area (Å²) in [6, 6.07) is 5.09. The van der Waals surface area contributed by atoms with Crippen LogP contribution in [-0.4, -0.2) is 24.0 Å². The van der Waals surface area contributed by atoms with Gasteiger partial charge in [-0.1, -0.05) is 0 Å². The molecule has 3 N–H and O–H groups in total. The summed E-state index contributed by atoms with van der Waals surface area (Å²) in [5, 5.41) is 2.78. The Morgan fingerprint density at radius 3 is 2.79 bits per heavy atom. The first-order chi connectivity index (χ1) is 8.97. The minimum atomic E-state index is -0.818.